The SMILES string of the molecule is CC(C)(C)Oc1cc(OC(C)(C)C)c(S(OS(=O)(=O)CC23CCC(CC2=O)C3(C)C)(c2ccccc2)c2ccccc2)c(OC(C)(C)C)c1. The maximum atomic E-state index is 14.9. The first-order chi connectivity index (χ1) is 22.5. The van der Waals surface area contributed by atoms with Crippen molar-refractivity contribution in [1.82, 2.24) is 0 Å². The van der Waals surface area contributed by atoms with Crippen LogP contribution in [0.1, 0.15) is 95.4 Å². The molecule has 268 valence electrons. The third kappa shape index (κ3) is 7.54. The number of ketones is 1. The summed E-state index contributed by atoms with van der Waals surface area (Å²) in [7, 11) is -7.58. The van der Waals surface area contributed by atoms with E-state index in [4.69, 9.17) is 17.8 Å². The molecule has 0 aromatic heterocycles. The summed E-state index contributed by atoms with van der Waals surface area (Å²) in [4.78, 5) is 15.4. The molecule has 0 saturated heterocycles. The molecule has 0 spiro atoms. The standard InChI is InChI=1S/C40H54O7S2/c1-36(2,3)44-29-25-32(45-37(4,5)6)35(33(26-29)46-38(7,8)9)49(30-18-14-12-15-19-30,31-20-16-13-17-21-31)47-48(42,43)27-40-23-22-28(24-34(40)41)39(40,10)11/h12-21,25-26,28H,22-24,27H2,1-11H3. The normalized spacial score (nSPS) is 21.4. The van der Waals surface area contributed by atoms with Crippen LogP contribution >= 0.6 is 10.3 Å². The van der Waals surface area contributed by atoms with Crippen LogP contribution in [0.2, 0.25) is 0 Å². The number of rotatable bonds is 10. The Kier molecular flexibility index (Phi) is 9.61. The molecular weight excluding hydrogens is 657 g/mol. The van der Waals surface area contributed by atoms with Gasteiger partial charge in [-0.2, -0.15) is 8.42 Å². The summed E-state index contributed by atoms with van der Waals surface area (Å²) in [5.74, 6) is 1.07. The second-order valence-electron chi connectivity index (χ2n) is 17.0. The Morgan fingerprint density at radius 3 is 1.53 bits per heavy atom. The van der Waals surface area contributed by atoms with Crippen molar-refractivity contribution in [3.8, 4) is 17.2 Å². The minimum Gasteiger partial charge on any atom is -0.488 e. The Bertz CT molecular complexity index is 1700. The summed E-state index contributed by atoms with van der Waals surface area (Å²) in [5, 5.41) is 0. The van der Waals surface area contributed by atoms with E-state index in [1.165, 1.54) is 0 Å². The van der Waals surface area contributed by atoms with Crippen molar-refractivity contribution in [3.63, 3.8) is 0 Å². The second-order valence-corrected chi connectivity index (χ2v) is 21.4. The third-order valence-electron chi connectivity index (χ3n) is 9.46. The molecule has 0 amide bonds. The quantitative estimate of drug-likeness (QED) is 0.207. The first-order valence-corrected chi connectivity index (χ1v) is 20.3. The summed E-state index contributed by atoms with van der Waals surface area (Å²) < 4.78 is 56.7. The van der Waals surface area contributed by atoms with Crippen LogP contribution in [0.15, 0.2) is 87.5 Å². The average Bonchev–Trinajstić information content (AvgIpc) is 3.29. The lowest BCUT2D eigenvalue weighted by atomic mass is 9.70. The van der Waals surface area contributed by atoms with Gasteiger partial charge in [-0.3, -0.25) is 4.79 Å². The van der Waals surface area contributed by atoms with Gasteiger partial charge in [-0.15, -0.1) is 0 Å². The number of Topliss-reactive ketones (excluding diaryl/α,β-unsaturated/α-hetero) is 1. The van der Waals surface area contributed by atoms with Crippen LogP contribution in [0, 0.1) is 16.7 Å². The van der Waals surface area contributed by atoms with Crippen LogP contribution in [-0.4, -0.2) is 36.8 Å². The van der Waals surface area contributed by atoms with Gasteiger partial charge in [0.1, 0.15) is 44.7 Å². The number of carbonyl (C=O) groups is 1. The smallest absolute Gasteiger partial charge is 0.278 e. The molecule has 2 fully saturated rings. The number of hydrogen-bond donors (Lipinski definition) is 0. The highest BCUT2D eigenvalue weighted by atomic mass is 32.3. The van der Waals surface area contributed by atoms with E-state index in [0.717, 1.165) is 6.42 Å². The van der Waals surface area contributed by atoms with E-state index in [0.29, 0.717) is 44.8 Å². The molecule has 2 saturated carbocycles. The average molecular weight is 711 g/mol. The summed E-state index contributed by atoms with van der Waals surface area (Å²) in [6.45, 7) is 21.7. The number of fused-ring (bicyclic) bond motifs is 2. The summed E-state index contributed by atoms with van der Waals surface area (Å²) in [6.07, 6.45) is 1.76. The minimum absolute atomic E-state index is 0.0122. The molecular formula is C40H54O7S2. The fourth-order valence-electron chi connectivity index (χ4n) is 7.36. The zero-order chi connectivity index (χ0) is 36.3. The van der Waals surface area contributed by atoms with Crippen LogP contribution in [0.4, 0.5) is 0 Å². The van der Waals surface area contributed by atoms with Crippen molar-refractivity contribution < 1.29 is 31.1 Å². The molecule has 5 rings (SSSR count). The van der Waals surface area contributed by atoms with Crippen molar-refractivity contribution in [1.29, 1.82) is 0 Å². The van der Waals surface area contributed by atoms with Gasteiger partial charge in [-0.25, -0.2) is 3.63 Å². The topological polar surface area (TPSA) is 88.1 Å². The van der Waals surface area contributed by atoms with Crippen molar-refractivity contribution in [3.05, 3.63) is 72.8 Å². The largest absolute Gasteiger partial charge is 0.488 e. The lowest BCUT2D eigenvalue weighted by Gasteiger charge is -2.43. The molecule has 49 heavy (non-hydrogen) atoms. The molecule has 2 unspecified atom stereocenters. The molecule has 3 aromatic rings. The lowest BCUT2D eigenvalue weighted by Crippen LogP contribution is -2.42. The van der Waals surface area contributed by atoms with Gasteiger partial charge in [0.15, 0.2) is 0 Å². The summed E-state index contributed by atoms with van der Waals surface area (Å²) in [6, 6.07) is 22.5. The van der Waals surface area contributed by atoms with Crippen LogP contribution in [0.5, 0.6) is 17.2 Å². The van der Waals surface area contributed by atoms with E-state index < -0.39 is 53.8 Å². The molecule has 3 aromatic carbocycles. The minimum atomic E-state index is -4.40. The van der Waals surface area contributed by atoms with E-state index in [1.807, 2.05) is 149 Å². The van der Waals surface area contributed by atoms with Gasteiger partial charge >= 0.3 is 0 Å². The number of carbonyl (C=O) groups excluding carboxylic acids is 1. The van der Waals surface area contributed by atoms with Gasteiger partial charge in [0.05, 0.1) is 11.2 Å². The molecule has 9 heteroatoms. The van der Waals surface area contributed by atoms with E-state index in [-0.39, 0.29) is 11.7 Å². The van der Waals surface area contributed by atoms with Gasteiger partial charge in [-0.05, 0) is 121 Å². The highest BCUT2D eigenvalue weighted by molar-refractivity contribution is 8.33. The first kappa shape index (κ1) is 37.3. The van der Waals surface area contributed by atoms with Crippen molar-refractivity contribution in [2.75, 3.05) is 5.75 Å². The van der Waals surface area contributed by atoms with Crippen molar-refractivity contribution in [2.24, 2.45) is 16.7 Å². The van der Waals surface area contributed by atoms with Crippen LogP contribution in [0.3, 0.4) is 0 Å². The number of benzene rings is 3. The number of hydrogen-bond acceptors (Lipinski definition) is 7. The molecule has 2 aliphatic carbocycles. The van der Waals surface area contributed by atoms with E-state index in [2.05, 4.69) is 0 Å². The van der Waals surface area contributed by atoms with Gasteiger partial charge in [0.2, 0.25) is 0 Å². The molecule has 0 heterocycles. The number of ether oxygens (including phenoxy) is 3. The zero-order valence-corrected chi connectivity index (χ0v) is 32.6. The van der Waals surface area contributed by atoms with Gasteiger partial charge in [-0.1, -0.05) is 50.2 Å². The monoisotopic (exact) mass is 710 g/mol. The van der Waals surface area contributed by atoms with Gasteiger partial charge in [0, 0.05) is 28.3 Å². The fraction of sp³-hybridized carbons (Fsp3) is 0.525. The summed E-state index contributed by atoms with van der Waals surface area (Å²) in [5.41, 5.74) is -3.41. The molecule has 0 aliphatic heterocycles. The zero-order valence-electron chi connectivity index (χ0n) is 31.0. The van der Waals surface area contributed by atoms with E-state index >= 15 is 0 Å². The molecule has 2 aliphatic rings. The Morgan fingerprint density at radius 1 is 0.714 bits per heavy atom. The Labute approximate surface area is 295 Å². The van der Waals surface area contributed by atoms with Gasteiger partial charge in [0.25, 0.3) is 10.1 Å². The van der Waals surface area contributed by atoms with Crippen molar-refractivity contribution in [2.45, 2.75) is 127 Å². The van der Waals surface area contributed by atoms with Crippen LogP contribution < -0.4 is 14.2 Å². The Morgan fingerprint density at radius 2 is 1.16 bits per heavy atom. The predicted octanol–water partition coefficient (Wildman–Crippen LogP) is 10.2. The highest BCUT2D eigenvalue weighted by Gasteiger charge is 2.66. The lowest BCUT2D eigenvalue weighted by molar-refractivity contribution is -0.128. The third-order valence-corrected chi connectivity index (χ3v) is 14.8. The Balaban J connectivity index is 1.88. The highest BCUT2D eigenvalue weighted by Crippen LogP contribution is 2.75. The van der Waals surface area contributed by atoms with E-state index in [1.54, 1.807) is 0 Å². The first-order valence-electron chi connectivity index (χ1n) is 17.1. The second kappa shape index (κ2) is 12.6. The van der Waals surface area contributed by atoms with Crippen molar-refractivity contribution >= 4 is 26.2 Å². The molecule has 0 radical (unpaired) electrons. The summed E-state index contributed by atoms with van der Waals surface area (Å²) >= 11 is 0. The van der Waals surface area contributed by atoms with Gasteiger partial charge < -0.3 is 14.2 Å². The maximum absolute atomic E-state index is 14.9. The predicted molar refractivity (Wildman–Crippen MR) is 196 cm³/mol. The Hall–Kier alpha value is -3.01. The van der Waals surface area contributed by atoms with E-state index in [9.17, 15) is 13.2 Å². The fourth-order valence-corrected chi connectivity index (χ4v) is 13.6. The maximum Gasteiger partial charge on any atom is 0.278 e. The van der Waals surface area contributed by atoms with Crippen LogP contribution in [-0.2, 0) is 18.5 Å². The van der Waals surface area contributed by atoms with Crippen LogP contribution in [0.25, 0.3) is 0 Å². The molecule has 0 N–H and O–H groups in total. The molecule has 2 atom stereocenters. The molecule has 7 nitrogen and oxygen atoms in total. The molecule has 2 bridgehead atoms.